The number of hydrogen-bond donors (Lipinski definition) is 0. The van der Waals surface area contributed by atoms with E-state index in [1.165, 1.54) is 25.7 Å². The van der Waals surface area contributed by atoms with Crippen LogP contribution in [0.3, 0.4) is 0 Å². The Hall–Kier alpha value is -1.04. The SMILES string of the molecule is C1=CC/C=C/CCC/C=C\CCC=C1. The fraction of sp³-hybridized carbons (Fsp3) is 0.429. The Balaban J connectivity index is 2.35. The number of hydrogen-bond acceptors (Lipinski definition) is 0. The second-order valence-corrected chi connectivity index (χ2v) is 3.54. The quantitative estimate of drug-likeness (QED) is 0.489. The molecule has 14 heavy (non-hydrogen) atoms. The van der Waals surface area contributed by atoms with Gasteiger partial charge in [-0.3, -0.25) is 0 Å². The van der Waals surface area contributed by atoms with E-state index >= 15 is 0 Å². The van der Waals surface area contributed by atoms with Crippen molar-refractivity contribution in [3.05, 3.63) is 48.6 Å². The van der Waals surface area contributed by atoms with Crippen molar-refractivity contribution in [2.75, 3.05) is 0 Å². The summed E-state index contributed by atoms with van der Waals surface area (Å²) in [4.78, 5) is 0. The summed E-state index contributed by atoms with van der Waals surface area (Å²) >= 11 is 0. The van der Waals surface area contributed by atoms with Crippen molar-refractivity contribution in [2.24, 2.45) is 0 Å². The molecule has 0 nitrogen and oxygen atoms in total. The van der Waals surface area contributed by atoms with Gasteiger partial charge in [-0.15, -0.1) is 0 Å². The first-order valence-electron chi connectivity index (χ1n) is 5.62. The lowest BCUT2D eigenvalue weighted by atomic mass is 10.2. The van der Waals surface area contributed by atoms with Gasteiger partial charge in [0.05, 0.1) is 0 Å². The summed E-state index contributed by atoms with van der Waals surface area (Å²) in [5.74, 6) is 0. The maximum atomic E-state index is 2.31. The lowest BCUT2D eigenvalue weighted by Crippen LogP contribution is -1.71. The van der Waals surface area contributed by atoms with Gasteiger partial charge in [0.2, 0.25) is 0 Å². The minimum atomic E-state index is 1.07. The molecule has 0 bridgehead atoms. The smallest absolute Gasteiger partial charge is 0.0166 e. The van der Waals surface area contributed by atoms with Gasteiger partial charge < -0.3 is 0 Å². The minimum absolute atomic E-state index is 1.07. The molecular formula is C14H20. The Bertz CT molecular complexity index is 228. The second-order valence-electron chi connectivity index (χ2n) is 3.54. The normalized spacial score (nSPS) is 24.0. The standard InChI is InChI=1S/C14H20/c1-2-4-6-8-10-12-14-13-11-9-7-5-3-1/h1-4,7,9-10,12H,5-6,8,11,13-14H2/b3-1?,4-2?,9-7+,12-10-. The van der Waals surface area contributed by atoms with Crippen LogP contribution in [0, 0.1) is 0 Å². The van der Waals surface area contributed by atoms with Gasteiger partial charge in [-0.1, -0.05) is 48.6 Å². The first-order valence-corrected chi connectivity index (χ1v) is 5.62. The van der Waals surface area contributed by atoms with E-state index in [2.05, 4.69) is 48.6 Å². The van der Waals surface area contributed by atoms with Crippen LogP contribution in [0.2, 0.25) is 0 Å². The zero-order valence-corrected chi connectivity index (χ0v) is 8.86. The molecule has 0 heteroatoms. The van der Waals surface area contributed by atoms with Crippen LogP contribution in [0.5, 0.6) is 0 Å². The fourth-order valence-electron chi connectivity index (χ4n) is 1.41. The van der Waals surface area contributed by atoms with E-state index in [4.69, 9.17) is 0 Å². The monoisotopic (exact) mass is 188 g/mol. The van der Waals surface area contributed by atoms with Crippen molar-refractivity contribution >= 4 is 0 Å². The molecule has 0 amide bonds. The number of allylic oxidation sites excluding steroid dienone is 8. The van der Waals surface area contributed by atoms with Gasteiger partial charge in [-0.2, -0.15) is 0 Å². The Kier molecular flexibility index (Phi) is 6.74. The number of rotatable bonds is 0. The van der Waals surface area contributed by atoms with Crippen LogP contribution in [-0.4, -0.2) is 0 Å². The van der Waals surface area contributed by atoms with Crippen molar-refractivity contribution in [1.82, 2.24) is 0 Å². The van der Waals surface area contributed by atoms with E-state index in [0.717, 1.165) is 12.8 Å². The Morgan fingerprint density at radius 3 is 2.07 bits per heavy atom. The zero-order chi connectivity index (χ0) is 9.90. The summed E-state index contributed by atoms with van der Waals surface area (Å²) in [7, 11) is 0. The average Bonchev–Trinajstić information content (AvgIpc) is 2.22. The molecule has 0 atom stereocenters. The lowest BCUT2D eigenvalue weighted by molar-refractivity contribution is 0.860. The summed E-state index contributed by atoms with van der Waals surface area (Å²) in [6, 6.07) is 0. The second kappa shape index (κ2) is 8.55. The summed E-state index contributed by atoms with van der Waals surface area (Å²) in [5, 5.41) is 0. The summed E-state index contributed by atoms with van der Waals surface area (Å²) < 4.78 is 0. The summed E-state index contributed by atoms with van der Waals surface area (Å²) in [6.45, 7) is 0. The highest BCUT2D eigenvalue weighted by Crippen LogP contribution is 2.02. The molecule has 0 fully saturated rings. The fourth-order valence-corrected chi connectivity index (χ4v) is 1.41. The molecule has 0 radical (unpaired) electrons. The predicted molar refractivity (Wildman–Crippen MR) is 64.3 cm³/mol. The maximum absolute atomic E-state index is 2.31. The van der Waals surface area contributed by atoms with E-state index in [-0.39, 0.29) is 0 Å². The maximum Gasteiger partial charge on any atom is -0.0166 e. The molecule has 0 aromatic carbocycles. The highest BCUT2D eigenvalue weighted by atomic mass is 13.9. The molecule has 1 aliphatic rings. The summed E-state index contributed by atoms with van der Waals surface area (Å²) in [5.41, 5.74) is 0. The minimum Gasteiger partial charge on any atom is -0.0885 e. The third kappa shape index (κ3) is 6.47. The topological polar surface area (TPSA) is 0 Å². The molecule has 0 aromatic heterocycles. The molecule has 0 heterocycles. The van der Waals surface area contributed by atoms with Gasteiger partial charge in [0, 0.05) is 0 Å². The molecule has 76 valence electrons. The highest BCUT2D eigenvalue weighted by Gasteiger charge is 1.82. The van der Waals surface area contributed by atoms with Crippen LogP contribution in [-0.2, 0) is 0 Å². The van der Waals surface area contributed by atoms with Gasteiger partial charge in [-0.05, 0) is 38.5 Å². The first kappa shape index (κ1) is 11.0. The van der Waals surface area contributed by atoms with Gasteiger partial charge in [0.1, 0.15) is 0 Å². The van der Waals surface area contributed by atoms with Gasteiger partial charge in [-0.25, -0.2) is 0 Å². The molecule has 0 unspecified atom stereocenters. The zero-order valence-electron chi connectivity index (χ0n) is 8.86. The van der Waals surface area contributed by atoms with E-state index in [0.29, 0.717) is 0 Å². The van der Waals surface area contributed by atoms with E-state index in [1.54, 1.807) is 0 Å². The molecule has 0 aliphatic heterocycles. The molecule has 0 saturated heterocycles. The molecule has 0 saturated carbocycles. The van der Waals surface area contributed by atoms with Gasteiger partial charge in [0.15, 0.2) is 0 Å². The lowest BCUT2D eigenvalue weighted by Gasteiger charge is -1.91. The van der Waals surface area contributed by atoms with Crippen LogP contribution < -0.4 is 0 Å². The van der Waals surface area contributed by atoms with Crippen LogP contribution in [0.25, 0.3) is 0 Å². The van der Waals surface area contributed by atoms with Crippen LogP contribution >= 0.6 is 0 Å². The van der Waals surface area contributed by atoms with E-state index in [9.17, 15) is 0 Å². The molecular weight excluding hydrogens is 168 g/mol. The van der Waals surface area contributed by atoms with Crippen molar-refractivity contribution in [3.63, 3.8) is 0 Å². The van der Waals surface area contributed by atoms with Gasteiger partial charge in [0.25, 0.3) is 0 Å². The first-order chi connectivity index (χ1) is 7.00. The van der Waals surface area contributed by atoms with Crippen LogP contribution in [0.4, 0.5) is 0 Å². The largest absolute Gasteiger partial charge is 0.0885 e. The van der Waals surface area contributed by atoms with Crippen molar-refractivity contribution in [3.8, 4) is 0 Å². The third-order valence-corrected chi connectivity index (χ3v) is 2.23. The third-order valence-electron chi connectivity index (χ3n) is 2.23. The molecule has 0 aromatic rings. The Labute approximate surface area is 87.7 Å². The molecule has 1 aliphatic carbocycles. The molecule has 0 spiro atoms. The van der Waals surface area contributed by atoms with E-state index < -0.39 is 0 Å². The van der Waals surface area contributed by atoms with Crippen molar-refractivity contribution < 1.29 is 0 Å². The molecule has 0 N–H and O–H groups in total. The summed E-state index contributed by atoms with van der Waals surface area (Å²) in [6.07, 6.45) is 25.0. The van der Waals surface area contributed by atoms with E-state index in [1.807, 2.05) is 0 Å². The Morgan fingerprint density at radius 2 is 1.14 bits per heavy atom. The Morgan fingerprint density at radius 1 is 0.500 bits per heavy atom. The molecule has 1 rings (SSSR count). The van der Waals surface area contributed by atoms with Gasteiger partial charge >= 0.3 is 0 Å². The van der Waals surface area contributed by atoms with Crippen molar-refractivity contribution in [2.45, 2.75) is 38.5 Å². The predicted octanol–water partition coefficient (Wildman–Crippen LogP) is 4.57. The van der Waals surface area contributed by atoms with Crippen molar-refractivity contribution in [1.29, 1.82) is 0 Å². The average molecular weight is 188 g/mol. The highest BCUT2D eigenvalue weighted by molar-refractivity contribution is 5.05. The van der Waals surface area contributed by atoms with Crippen LogP contribution in [0.15, 0.2) is 48.6 Å². The van der Waals surface area contributed by atoms with Crippen LogP contribution in [0.1, 0.15) is 38.5 Å².